The number of carboxylic acid groups (broad SMARTS) is 1. The molecule has 1 unspecified atom stereocenters. The molecule has 1 atom stereocenters. The van der Waals surface area contributed by atoms with E-state index in [1.54, 1.807) is 7.05 Å². The number of rotatable bonds is 5. The number of hydrogen-bond acceptors (Lipinski definition) is 8. The third kappa shape index (κ3) is 3.84. The lowest BCUT2D eigenvalue weighted by Crippen LogP contribution is -2.49. The number of sulfonamides is 1. The summed E-state index contributed by atoms with van der Waals surface area (Å²) in [5, 5.41) is 15.0. The minimum Gasteiger partial charge on any atom is -0.484 e. The van der Waals surface area contributed by atoms with Crippen molar-refractivity contribution in [1.82, 2.24) is 14.7 Å². The molecule has 1 fully saturated rings. The van der Waals surface area contributed by atoms with Gasteiger partial charge in [-0.05, 0) is 18.2 Å². The zero-order valence-corrected chi connectivity index (χ0v) is 16.9. The highest BCUT2D eigenvalue weighted by atomic mass is 32.2. The number of carbonyl (C=O) groups is 3. The average molecular weight is 451 g/mol. The number of cyclic esters (lactones) is 1. The summed E-state index contributed by atoms with van der Waals surface area (Å²) in [5.74, 6) is -0.415. The van der Waals surface area contributed by atoms with Gasteiger partial charge in [0, 0.05) is 18.9 Å². The van der Waals surface area contributed by atoms with Gasteiger partial charge in [0.15, 0.2) is 6.61 Å². The predicted octanol–water partition coefficient (Wildman–Crippen LogP) is 0.445. The number of nitrogens with one attached hydrogen (secondary N) is 1. The molecule has 0 spiro atoms. The Morgan fingerprint density at radius 2 is 2.13 bits per heavy atom. The van der Waals surface area contributed by atoms with Gasteiger partial charge in [-0.25, -0.2) is 22.9 Å². The molecule has 1 aromatic heterocycles. The number of ether oxygens (including phenoxy) is 2. The lowest BCUT2D eigenvalue weighted by Gasteiger charge is -2.36. The summed E-state index contributed by atoms with van der Waals surface area (Å²) in [6.45, 7) is -0.840. The van der Waals surface area contributed by atoms with Gasteiger partial charge < -0.3 is 14.6 Å². The van der Waals surface area contributed by atoms with Crippen LogP contribution in [0.1, 0.15) is 0 Å². The van der Waals surface area contributed by atoms with E-state index in [0.717, 1.165) is 9.21 Å². The number of fused-ring (bicyclic) bond motifs is 1. The molecule has 2 N–H and O–H groups in total. The van der Waals surface area contributed by atoms with Gasteiger partial charge in [-0.2, -0.15) is 5.10 Å². The zero-order chi connectivity index (χ0) is 22.3. The summed E-state index contributed by atoms with van der Waals surface area (Å²) >= 11 is 0. The standard InChI is InChI=1S/C17H17N5O8S/c1-20-8-12(5-18-20)31(27,28)22-7-11(6-21-15(23)9-29-17(21)26)30-14-3-2-10(4-13(14)22)19-16(24)25/h2-5,8,11,19H,6-7,9H2,1H3,(H,24,25). The van der Waals surface area contributed by atoms with Gasteiger partial charge in [-0.3, -0.25) is 19.1 Å². The van der Waals surface area contributed by atoms with Crippen LogP contribution < -0.4 is 14.4 Å². The van der Waals surface area contributed by atoms with E-state index in [9.17, 15) is 22.8 Å². The molecule has 0 radical (unpaired) electrons. The monoisotopic (exact) mass is 451 g/mol. The Morgan fingerprint density at radius 3 is 2.74 bits per heavy atom. The minimum atomic E-state index is -4.12. The van der Waals surface area contributed by atoms with Crippen LogP contribution in [0.4, 0.5) is 21.0 Å². The minimum absolute atomic E-state index is 0.0881. The highest BCUT2D eigenvalue weighted by molar-refractivity contribution is 7.92. The van der Waals surface area contributed by atoms with E-state index in [-0.39, 0.29) is 41.7 Å². The molecule has 13 nitrogen and oxygen atoms in total. The van der Waals surface area contributed by atoms with Crippen molar-refractivity contribution in [2.24, 2.45) is 7.05 Å². The number of imide groups is 1. The molecule has 2 aromatic rings. The maximum absolute atomic E-state index is 13.3. The molecule has 14 heteroatoms. The largest absolute Gasteiger partial charge is 0.484 e. The topological polar surface area (TPSA) is 160 Å². The Bertz CT molecular complexity index is 1160. The summed E-state index contributed by atoms with van der Waals surface area (Å²) in [5.41, 5.74) is 0.236. The summed E-state index contributed by atoms with van der Waals surface area (Å²) in [6, 6.07) is 4.13. The van der Waals surface area contributed by atoms with Crippen LogP contribution in [0.25, 0.3) is 0 Å². The van der Waals surface area contributed by atoms with Crippen LogP contribution >= 0.6 is 0 Å². The number of nitrogens with zero attached hydrogens (tertiary/aromatic N) is 4. The Morgan fingerprint density at radius 1 is 1.35 bits per heavy atom. The maximum atomic E-state index is 13.3. The predicted molar refractivity (Wildman–Crippen MR) is 103 cm³/mol. The smallest absolute Gasteiger partial charge is 0.417 e. The van der Waals surface area contributed by atoms with Crippen molar-refractivity contribution >= 4 is 39.5 Å². The first-order chi connectivity index (χ1) is 14.6. The molecule has 0 aliphatic carbocycles. The molecule has 0 bridgehead atoms. The second-order valence-electron chi connectivity index (χ2n) is 6.80. The van der Waals surface area contributed by atoms with Gasteiger partial charge in [0.2, 0.25) is 0 Å². The van der Waals surface area contributed by atoms with Crippen LogP contribution in [0, 0.1) is 0 Å². The fourth-order valence-electron chi connectivity index (χ4n) is 3.26. The first-order valence-corrected chi connectivity index (χ1v) is 10.4. The van der Waals surface area contributed by atoms with E-state index in [2.05, 4.69) is 15.2 Å². The van der Waals surface area contributed by atoms with Crippen molar-refractivity contribution in [3.8, 4) is 5.75 Å². The van der Waals surface area contributed by atoms with Crippen molar-refractivity contribution in [3.63, 3.8) is 0 Å². The fraction of sp³-hybridized carbons (Fsp3) is 0.294. The normalized spacial score (nSPS) is 18.4. The second kappa shape index (κ2) is 7.46. The number of aryl methyl sites for hydroxylation is 1. The summed E-state index contributed by atoms with van der Waals surface area (Å²) in [4.78, 5) is 35.4. The number of hydrogen-bond donors (Lipinski definition) is 2. The van der Waals surface area contributed by atoms with E-state index in [1.165, 1.54) is 35.3 Å². The quantitative estimate of drug-likeness (QED) is 0.657. The van der Waals surface area contributed by atoms with E-state index < -0.39 is 34.2 Å². The molecular weight excluding hydrogens is 434 g/mol. The van der Waals surface area contributed by atoms with Crippen LogP contribution in [-0.4, -0.2) is 72.1 Å². The molecular formula is C17H17N5O8S. The van der Waals surface area contributed by atoms with Gasteiger partial charge in [-0.1, -0.05) is 0 Å². The number of carbonyl (C=O) groups excluding carboxylic acids is 2. The van der Waals surface area contributed by atoms with E-state index in [0.29, 0.717) is 0 Å². The zero-order valence-electron chi connectivity index (χ0n) is 16.1. The maximum Gasteiger partial charge on any atom is 0.417 e. The van der Waals surface area contributed by atoms with Crippen LogP contribution in [-0.2, 0) is 26.6 Å². The molecule has 2 aliphatic heterocycles. The lowest BCUT2D eigenvalue weighted by atomic mass is 10.2. The van der Waals surface area contributed by atoms with Gasteiger partial charge in [0.1, 0.15) is 16.7 Å². The number of benzene rings is 1. The number of anilines is 2. The first-order valence-electron chi connectivity index (χ1n) is 8.94. The second-order valence-corrected chi connectivity index (χ2v) is 8.66. The molecule has 0 saturated carbocycles. The SMILES string of the molecule is Cn1cc(S(=O)(=O)N2CC(CN3C(=O)COC3=O)Oc3ccc(NC(=O)O)cc32)cn1. The van der Waals surface area contributed by atoms with Crippen molar-refractivity contribution in [2.75, 3.05) is 29.3 Å². The van der Waals surface area contributed by atoms with E-state index in [4.69, 9.17) is 9.84 Å². The van der Waals surface area contributed by atoms with Crippen LogP contribution in [0.15, 0.2) is 35.5 Å². The molecule has 1 aromatic carbocycles. The fourth-order valence-corrected chi connectivity index (χ4v) is 4.74. The lowest BCUT2D eigenvalue weighted by molar-refractivity contribution is -0.126. The Labute approximate surface area is 175 Å². The Kier molecular flexibility index (Phi) is 4.93. The molecule has 3 heterocycles. The molecule has 164 valence electrons. The first kappa shape index (κ1) is 20.5. The molecule has 3 amide bonds. The molecule has 1 saturated heterocycles. The molecule has 4 rings (SSSR count). The highest BCUT2D eigenvalue weighted by Gasteiger charge is 2.39. The van der Waals surface area contributed by atoms with Crippen molar-refractivity contribution in [1.29, 1.82) is 0 Å². The third-order valence-corrected chi connectivity index (χ3v) is 6.37. The van der Waals surface area contributed by atoms with Crippen molar-refractivity contribution in [3.05, 3.63) is 30.6 Å². The van der Waals surface area contributed by atoms with Crippen LogP contribution in [0.3, 0.4) is 0 Å². The third-order valence-electron chi connectivity index (χ3n) is 4.64. The Balaban J connectivity index is 1.72. The molecule has 31 heavy (non-hydrogen) atoms. The number of aromatic nitrogens is 2. The van der Waals surface area contributed by atoms with Crippen LogP contribution in [0.2, 0.25) is 0 Å². The van der Waals surface area contributed by atoms with E-state index in [1.807, 2.05) is 0 Å². The van der Waals surface area contributed by atoms with Gasteiger partial charge >= 0.3 is 12.2 Å². The van der Waals surface area contributed by atoms with Crippen LogP contribution in [0.5, 0.6) is 5.75 Å². The van der Waals surface area contributed by atoms with Gasteiger partial charge in [0.05, 0.1) is 25.0 Å². The Hall–Kier alpha value is -3.81. The summed E-state index contributed by atoms with van der Waals surface area (Å²) in [7, 11) is -2.55. The number of amides is 3. The van der Waals surface area contributed by atoms with Gasteiger partial charge in [-0.15, -0.1) is 0 Å². The summed E-state index contributed by atoms with van der Waals surface area (Å²) < 4.78 is 39.5. The average Bonchev–Trinajstić information content (AvgIpc) is 3.28. The van der Waals surface area contributed by atoms with Crippen molar-refractivity contribution < 1.29 is 37.4 Å². The summed E-state index contributed by atoms with van der Waals surface area (Å²) in [6.07, 6.45) is -0.531. The van der Waals surface area contributed by atoms with Crippen molar-refractivity contribution in [2.45, 2.75) is 11.0 Å². The molecule has 2 aliphatic rings. The highest BCUT2D eigenvalue weighted by Crippen LogP contribution is 2.39. The van der Waals surface area contributed by atoms with E-state index >= 15 is 0 Å². The van der Waals surface area contributed by atoms with Gasteiger partial charge in [0.25, 0.3) is 15.9 Å².